The molecule has 0 fully saturated rings. The molecule has 1 aromatic heterocycles. The smallest absolute Gasteiger partial charge is 0.215 e. The Bertz CT molecular complexity index is 683. The second-order valence-electron chi connectivity index (χ2n) is 5.23. The van der Waals surface area contributed by atoms with Gasteiger partial charge in [0.2, 0.25) is 10.0 Å². The van der Waals surface area contributed by atoms with Gasteiger partial charge in [-0.2, -0.15) is 0 Å². The van der Waals surface area contributed by atoms with Crippen LogP contribution in [0.4, 0.5) is 4.39 Å². The Balaban J connectivity index is 2.00. The highest BCUT2D eigenvalue weighted by Gasteiger charge is 2.19. The van der Waals surface area contributed by atoms with Gasteiger partial charge in [-0.1, -0.05) is 18.2 Å². The summed E-state index contributed by atoms with van der Waals surface area (Å²) in [6, 6.07) is 9.42. The molecule has 0 bridgehead atoms. The number of likely N-dealkylation sites (N-methyl/N-ethyl adjacent to an activating group) is 1. The van der Waals surface area contributed by atoms with Crippen LogP contribution in [0.2, 0.25) is 0 Å². The minimum absolute atomic E-state index is 0.0111. The standard InChI is InChI=1S/C15H19FN2O2S2/c1-18(2)14(15-4-3-9-21-15)10-17-22(19,20)11-12-5-7-13(16)8-6-12/h3-9,14,17H,10-11H2,1-2H3. The van der Waals surface area contributed by atoms with E-state index in [1.807, 2.05) is 36.5 Å². The first kappa shape index (κ1) is 17.1. The van der Waals surface area contributed by atoms with E-state index in [9.17, 15) is 12.8 Å². The molecule has 7 heteroatoms. The minimum atomic E-state index is -3.46. The predicted octanol–water partition coefficient (Wildman–Crippen LogP) is 2.61. The monoisotopic (exact) mass is 342 g/mol. The highest BCUT2D eigenvalue weighted by molar-refractivity contribution is 7.88. The number of hydrogen-bond donors (Lipinski definition) is 1. The molecule has 0 radical (unpaired) electrons. The van der Waals surface area contributed by atoms with Crippen molar-refractivity contribution in [1.29, 1.82) is 0 Å². The van der Waals surface area contributed by atoms with E-state index in [-0.39, 0.29) is 17.6 Å². The summed E-state index contributed by atoms with van der Waals surface area (Å²) in [5.41, 5.74) is 0.562. The van der Waals surface area contributed by atoms with Crippen LogP contribution in [0.15, 0.2) is 41.8 Å². The number of hydrogen-bond acceptors (Lipinski definition) is 4. The summed E-state index contributed by atoms with van der Waals surface area (Å²) in [6.07, 6.45) is 0. The average Bonchev–Trinajstić information content (AvgIpc) is 2.95. The maximum atomic E-state index is 12.8. The van der Waals surface area contributed by atoms with Gasteiger partial charge in [0.25, 0.3) is 0 Å². The van der Waals surface area contributed by atoms with Crippen molar-refractivity contribution in [2.75, 3.05) is 20.6 Å². The van der Waals surface area contributed by atoms with Gasteiger partial charge in [-0.15, -0.1) is 11.3 Å². The number of sulfonamides is 1. The maximum Gasteiger partial charge on any atom is 0.215 e. The molecule has 0 spiro atoms. The Hall–Kier alpha value is -1.28. The van der Waals surface area contributed by atoms with Crippen molar-refractivity contribution in [2.24, 2.45) is 0 Å². The summed E-state index contributed by atoms with van der Waals surface area (Å²) in [5, 5.41) is 1.97. The van der Waals surface area contributed by atoms with E-state index >= 15 is 0 Å². The van der Waals surface area contributed by atoms with Gasteiger partial charge in [0.1, 0.15) is 5.82 Å². The third-order valence-corrected chi connectivity index (χ3v) is 5.55. The van der Waals surface area contributed by atoms with Crippen molar-refractivity contribution in [3.63, 3.8) is 0 Å². The average molecular weight is 342 g/mol. The van der Waals surface area contributed by atoms with Gasteiger partial charge in [0.05, 0.1) is 11.8 Å². The van der Waals surface area contributed by atoms with Gasteiger partial charge in [0, 0.05) is 11.4 Å². The van der Waals surface area contributed by atoms with Gasteiger partial charge in [-0.25, -0.2) is 17.5 Å². The predicted molar refractivity (Wildman–Crippen MR) is 87.8 cm³/mol. The Morgan fingerprint density at radius 2 is 1.91 bits per heavy atom. The summed E-state index contributed by atoms with van der Waals surface area (Å²) in [4.78, 5) is 3.08. The molecular weight excluding hydrogens is 323 g/mol. The second kappa shape index (κ2) is 7.32. The number of halogens is 1. The number of thiophene rings is 1. The van der Waals surface area contributed by atoms with E-state index in [1.54, 1.807) is 11.3 Å². The highest BCUT2D eigenvalue weighted by atomic mass is 32.2. The number of nitrogens with zero attached hydrogens (tertiary/aromatic N) is 1. The molecule has 2 aromatic rings. The molecule has 0 amide bonds. The molecule has 0 aliphatic heterocycles. The molecule has 22 heavy (non-hydrogen) atoms. The molecular formula is C15H19FN2O2S2. The Morgan fingerprint density at radius 1 is 1.23 bits per heavy atom. The lowest BCUT2D eigenvalue weighted by Gasteiger charge is -2.23. The molecule has 0 aliphatic rings. The molecule has 1 N–H and O–H groups in total. The summed E-state index contributed by atoms with van der Waals surface area (Å²) in [5.74, 6) is -0.530. The van der Waals surface area contributed by atoms with E-state index in [0.29, 0.717) is 12.1 Å². The second-order valence-corrected chi connectivity index (χ2v) is 8.01. The number of rotatable bonds is 7. The summed E-state index contributed by atoms with van der Waals surface area (Å²) in [6.45, 7) is 0.303. The van der Waals surface area contributed by atoms with E-state index < -0.39 is 10.0 Å². The van der Waals surface area contributed by atoms with Crippen molar-refractivity contribution >= 4 is 21.4 Å². The Morgan fingerprint density at radius 3 is 2.45 bits per heavy atom. The van der Waals surface area contributed by atoms with Gasteiger partial charge in [0.15, 0.2) is 0 Å². The molecule has 1 atom stereocenters. The summed E-state index contributed by atoms with van der Waals surface area (Å²) < 4.78 is 39.8. The fourth-order valence-electron chi connectivity index (χ4n) is 2.08. The fraction of sp³-hybridized carbons (Fsp3) is 0.333. The number of nitrogens with one attached hydrogen (secondary N) is 1. The zero-order valence-corrected chi connectivity index (χ0v) is 14.1. The molecule has 4 nitrogen and oxygen atoms in total. The van der Waals surface area contributed by atoms with Crippen LogP contribution in [-0.2, 0) is 15.8 Å². The largest absolute Gasteiger partial charge is 0.300 e. The molecule has 2 rings (SSSR count). The zero-order valence-electron chi connectivity index (χ0n) is 12.5. The summed E-state index contributed by atoms with van der Waals surface area (Å²) >= 11 is 1.60. The Labute approximate surface area is 134 Å². The molecule has 0 saturated carbocycles. The third kappa shape index (κ3) is 4.88. The van der Waals surface area contributed by atoms with Gasteiger partial charge in [-0.05, 0) is 43.2 Å². The maximum absolute atomic E-state index is 12.8. The van der Waals surface area contributed by atoms with Crippen LogP contribution in [0.3, 0.4) is 0 Å². The van der Waals surface area contributed by atoms with Crippen molar-refractivity contribution in [1.82, 2.24) is 9.62 Å². The number of benzene rings is 1. The molecule has 0 saturated heterocycles. The van der Waals surface area contributed by atoms with Crippen LogP contribution in [0.5, 0.6) is 0 Å². The quantitative estimate of drug-likeness (QED) is 0.841. The first-order chi connectivity index (χ1) is 10.4. The van der Waals surface area contributed by atoms with Crippen LogP contribution in [0, 0.1) is 5.82 Å². The molecule has 120 valence electrons. The highest BCUT2D eigenvalue weighted by Crippen LogP contribution is 2.22. The van der Waals surface area contributed by atoms with Crippen molar-refractivity contribution in [2.45, 2.75) is 11.8 Å². The van der Waals surface area contributed by atoms with Crippen LogP contribution in [0.1, 0.15) is 16.5 Å². The molecule has 1 heterocycles. The van der Waals surface area contributed by atoms with Crippen molar-refractivity contribution < 1.29 is 12.8 Å². The van der Waals surface area contributed by atoms with E-state index in [0.717, 1.165) is 4.88 Å². The van der Waals surface area contributed by atoms with E-state index in [4.69, 9.17) is 0 Å². The topological polar surface area (TPSA) is 49.4 Å². The third-order valence-electron chi connectivity index (χ3n) is 3.26. The molecule has 0 aliphatic carbocycles. The molecule has 1 aromatic carbocycles. The van der Waals surface area contributed by atoms with Crippen LogP contribution >= 0.6 is 11.3 Å². The lowest BCUT2D eigenvalue weighted by molar-refractivity contribution is 0.303. The normalized spacial score (nSPS) is 13.5. The first-order valence-corrected chi connectivity index (χ1v) is 9.32. The fourth-order valence-corrected chi connectivity index (χ4v) is 4.14. The first-order valence-electron chi connectivity index (χ1n) is 6.79. The lowest BCUT2D eigenvalue weighted by atomic mass is 10.2. The SMILES string of the molecule is CN(C)C(CNS(=O)(=O)Cc1ccc(F)cc1)c1cccs1. The molecule has 1 unspecified atom stereocenters. The zero-order chi connectivity index (χ0) is 16.2. The minimum Gasteiger partial charge on any atom is -0.300 e. The lowest BCUT2D eigenvalue weighted by Crippen LogP contribution is -2.34. The van der Waals surface area contributed by atoms with Crippen LogP contribution in [0.25, 0.3) is 0 Å². The summed E-state index contributed by atoms with van der Waals surface area (Å²) in [7, 11) is 0.369. The van der Waals surface area contributed by atoms with E-state index in [1.165, 1.54) is 24.3 Å². The van der Waals surface area contributed by atoms with Gasteiger partial charge in [-0.3, -0.25) is 0 Å². The Kier molecular flexibility index (Phi) is 5.69. The van der Waals surface area contributed by atoms with E-state index in [2.05, 4.69) is 4.72 Å². The van der Waals surface area contributed by atoms with Gasteiger partial charge < -0.3 is 4.90 Å². The van der Waals surface area contributed by atoms with Crippen LogP contribution < -0.4 is 4.72 Å². The van der Waals surface area contributed by atoms with Crippen LogP contribution in [-0.4, -0.2) is 34.0 Å². The van der Waals surface area contributed by atoms with Crippen molar-refractivity contribution in [3.8, 4) is 0 Å². The van der Waals surface area contributed by atoms with Gasteiger partial charge >= 0.3 is 0 Å². The van der Waals surface area contributed by atoms with Crippen molar-refractivity contribution in [3.05, 3.63) is 58.0 Å².